The standard InChI is InChI=1S/C23H37NO6/c1-23(2,3)30-22(25)17-27-13-7-12-26-11-5-4-6-14-28-18-8-9-21-19(16-18)20(24)10-15-29-21/h8-9,16,20H,4-7,10-15,17,24H2,1-3H3/t20-/m0/s1. The van der Waals surface area contributed by atoms with Gasteiger partial charge in [0, 0.05) is 37.8 Å². The predicted octanol–water partition coefficient (Wildman–Crippen LogP) is 3.78. The summed E-state index contributed by atoms with van der Waals surface area (Å²) in [5.74, 6) is 1.38. The summed E-state index contributed by atoms with van der Waals surface area (Å²) in [6.45, 7) is 8.68. The van der Waals surface area contributed by atoms with E-state index in [1.807, 2.05) is 39.0 Å². The first-order chi connectivity index (χ1) is 14.3. The normalized spacial score (nSPS) is 15.9. The zero-order valence-corrected chi connectivity index (χ0v) is 18.6. The van der Waals surface area contributed by atoms with Crippen molar-refractivity contribution < 1.29 is 28.5 Å². The van der Waals surface area contributed by atoms with E-state index in [0.29, 0.717) is 26.4 Å². The highest BCUT2D eigenvalue weighted by Gasteiger charge is 2.18. The van der Waals surface area contributed by atoms with Gasteiger partial charge in [-0.1, -0.05) is 0 Å². The van der Waals surface area contributed by atoms with Crippen molar-refractivity contribution in [3.05, 3.63) is 23.8 Å². The van der Waals surface area contributed by atoms with Crippen molar-refractivity contribution in [2.24, 2.45) is 5.73 Å². The molecule has 0 bridgehead atoms. The molecule has 0 spiro atoms. The van der Waals surface area contributed by atoms with Crippen molar-refractivity contribution in [2.75, 3.05) is 39.6 Å². The quantitative estimate of drug-likeness (QED) is 0.381. The van der Waals surface area contributed by atoms with Gasteiger partial charge in [-0.2, -0.15) is 0 Å². The van der Waals surface area contributed by atoms with Gasteiger partial charge < -0.3 is 29.4 Å². The maximum atomic E-state index is 11.5. The van der Waals surface area contributed by atoms with E-state index in [-0.39, 0.29) is 18.6 Å². The summed E-state index contributed by atoms with van der Waals surface area (Å²) < 4.78 is 27.5. The molecule has 7 heteroatoms. The average molecular weight is 424 g/mol. The van der Waals surface area contributed by atoms with E-state index in [9.17, 15) is 4.79 Å². The molecule has 0 saturated heterocycles. The number of fused-ring (bicyclic) bond motifs is 1. The van der Waals surface area contributed by atoms with Crippen LogP contribution < -0.4 is 15.2 Å². The molecule has 1 aromatic carbocycles. The van der Waals surface area contributed by atoms with Crippen molar-refractivity contribution >= 4 is 5.97 Å². The lowest BCUT2D eigenvalue weighted by Crippen LogP contribution is -2.26. The highest BCUT2D eigenvalue weighted by Crippen LogP contribution is 2.33. The van der Waals surface area contributed by atoms with Crippen LogP contribution in [-0.2, 0) is 19.0 Å². The third kappa shape index (κ3) is 9.78. The van der Waals surface area contributed by atoms with Crippen LogP contribution in [0.2, 0.25) is 0 Å². The van der Waals surface area contributed by atoms with E-state index in [0.717, 1.165) is 55.8 Å². The zero-order chi connectivity index (χ0) is 21.8. The van der Waals surface area contributed by atoms with Gasteiger partial charge in [0.2, 0.25) is 0 Å². The number of hydrogen-bond acceptors (Lipinski definition) is 7. The van der Waals surface area contributed by atoms with Crippen LogP contribution in [0.5, 0.6) is 11.5 Å². The number of unbranched alkanes of at least 4 members (excludes halogenated alkanes) is 2. The Morgan fingerprint density at radius 3 is 2.60 bits per heavy atom. The first kappa shape index (κ1) is 24.4. The Hall–Kier alpha value is -1.83. The van der Waals surface area contributed by atoms with Crippen LogP contribution in [-0.4, -0.2) is 51.2 Å². The van der Waals surface area contributed by atoms with Gasteiger partial charge in [0.05, 0.1) is 13.2 Å². The molecule has 1 aliphatic rings. The van der Waals surface area contributed by atoms with Crippen LogP contribution >= 0.6 is 0 Å². The van der Waals surface area contributed by atoms with Gasteiger partial charge in [-0.05, 0) is 64.7 Å². The summed E-state index contributed by atoms with van der Waals surface area (Å²) in [7, 11) is 0. The second kappa shape index (κ2) is 12.8. The summed E-state index contributed by atoms with van der Waals surface area (Å²) in [4.78, 5) is 11.5. The van der Waals surface area contributed by atoms with Crippen LogP contribution in [0.15, 0.2) is 18.2 Å². The zero-order valence-electron chi connectivity index (χ0n) is 18.6. The van der Waals surface area contributed by atoms with Crippen molar-refractivity contribution in [2.45, 2.75) is 64.5 Å². The third-order valence-corrected chi connectivity index (χ3v) is 4.49. The number of carbonyl (C=O) groups excluding carboxylic acids is 1. The van der Waals surface area contributed by atoms with Gasteiger partial charge in [-0.25, -0.2) is 4.79 Å². The van der Waals surface area contributed by atoms with E-state index < -0.39 is 5.60 Å². The molecule has 0 aromatic heterocycles. The first-order valence-electron chi connectivity index (χ1n) is 10.9. The molecule has 2 N–H and O–H groups in total. The average Bonchev–Trinajstić information content (AvgIpc) is 2.68. The monoisotopic (exact) mass is 423 g/mol. The van der Waals surface area contributed by atoms with Gasteiger partial charge in [-0.15, -0.1) is 0 Å². The number of ether oxygens (including phenoxy) is 5. The number of carbonyl (C=O) groups is 1. The summed E-state index contributed by atoms with van der Waals surface area (Å²) in [5, 5.41) is 0. The Bertz CT molecular complexity index is 643. The Balaban J connectivity index is 1.41. The number of esters is 1. The Morgan fingerprint density at radius 1 is 1.07 bits per heavy atom. The summed E-state index contributed by atoms with van der Waals surface area (Å²) in [6, 6.07) is 5.89. The lowest BCUT2D eigenvalue weighted by atomic mass is 10.0. The van der Waals surface area contributed by atoms with Gasteiger partial charge >= 0.3 is 5.97 Å². The topological polar surface area (TPSA) is 89.2 Å². The molecule has 0 radical (unpaired) electrons. The number of rotatable bonds is 13. The van der Waals surface area contributed by atoms with Crippen LogP contribution in [0.1, 0.15) is 64.5 Å². The minimum absolute atomic E-state index is 0.0134. The van der Waals surface area contributed by atoms with Gasteiger partial charge in [0.25, 0.3) is 0 Å². The van der Waals surface area contributed by atoms with Crippen molar-refractivity contribution in [3.63, 3.8) is 0 Å². The molecule has 0 unspecified atom stereocenters. The SMILES string of the molecule is CC(C)(C)OC(=O)COCCCOCCCCCOc1ccc2c(c1)[C@@H](N)CCO2. The fraction of sp³-hybridized carbons (Fsp3) is 0.696. The minimum Gasteiger partial charge on any atom is -0.494 e. The molecule has 1 heterocycles. The Morgan fingerprint density at radius 2 is 1.80 bits per heavy atom. The highest BCUT2D eigenvalue weighted by atomic mass is 16.6. The van der Waals surface area contributed by atoms with E-state index >= 15 is 0 Å². The second-order valence-corrected chi connectivity index (χ2v) is 8.46. The van der Waals surface area contributed by atoms with E-state index in [2.05, 4.69) is 0 Å². The lowest BCUT2D eigenvalue weighted by molar-refractivity contribution is -0.160. The Labute approximate surface area is 180 Å². The molecule has 170 valence electrons. The molecular weight excluding hydrogens is 386 g/mol. The van der Waals surface area contributed by atoms with Crippen LogP contribution in [0, 0.1) is 0 Å². The van der Waals surface area contributed by atoms with E-state index in [1.54, 1.807) is 0 Å². The molecule has 30 heavy (non-hydrogen) atoms. The van der Waals surface area contributed by atoms with E-state index in [4.69, 9.17) is 29.4 Å². The molecule has 1 atom stereocenters. The number of benzene rings is 1. The maximum Gasteiger partial charge on any atom is 0.332 e. The van der Waals surface area contributed by atoms with Gasteiger partial charge in [0.1, 0.15) is 23.7 Å². The predicted molar refractivity (Wildman–Crippen MR) is 115 cm³/mol. The third-order valence-electron chi connectivity index (χ3n) is 4.49. The highest BCUT2D eigenvalue weighted by molar-refractivity contribution is 5.71. The van der Waals surface area contributed by atoms with E-state index in [1.165, 1.54) is 0 Å². The van der Waals surface area contributed by atoms with Crippen molar-refractivity contribution in [1.82, 2.24) is 0 Å². The Kier molecular flexibility index (Phi) is 10.4. The number of hydrogen-bond donors (Lipinski definition) is 1. The fourth-order valence-electron chi connectivity index (χ4n) is 3.05. The summed E-state index contributed by atoms with van der Waals surface area (Å²) in [5.41, 5.74) is 6.69. The van der Waals surface area contributed by atoms with Crippen LogP contribution in [0.25, 0.3) is 0 Å². The second-order valence-electron chi connectivity index (χ2n) is 8.46. The molecule has 2 rings (SSSR count). The molecule has 0 saturated carbocycles. The molecular formula is C23H37NO6. The first-order valence-corrected chi connectivity index (χ1v) is 10.9. The van der Waals surface area contributed by atoms with Crippen LogP contribution in [0.4, 0.5) is 0 Å². The smallest absolute Gasteiger partial charge is 0.332 e. The summed E-state index contributed by atoms with van der Waals surface area (Å²) >= 11 is 0. The number of nitrogens with two attached hydrogens (primary N) is 1. The van der Waals surface area contributed by atoms with Crippen molar-refractivity contribution in [3.8, 4) is 11.5 Å². The van der Waals surface area contributed by atoms with Crippen molar-refractivity contribution in [1.29, 1.82) is 0 Å². The van der Waals surface area contributed by atoms with Gasteiger partial charge in [-0.3, -0.25) is 0 Å². The molecule has 1 aromatic rings. The lowest BCUT2D eigenvalue weighted by Gasteiger charge is -2.23. The molecule has 0 amide bonds. The molecule has 0 aliphatic carbocycles. The fourth-order valence-corrected chi connectivity index (χ4v) is 3.05. The van der Waals surface area contributed by atoms with Gasteiger partial charge in [0.15, 0.2) is 0 Å². The largest absolute Gasteiger partial charge is 0.494 e. The van der Waals surface area contributed by atoms with Crippen LogP contribution in [0.3, 0.4) is 0 Å². The maximum absolute atomic E-state index is 11.5. The molecule has 0 fully saturated rings. The molecule has 7 nitrogen and oxygen atoms in total. The summed E-state index contributed by atoms with van der Waals surface area (Å²) in [6.07, 6.45) is 4.61. The minimum atomic E-state index is -0.475. The molecule has 1 aliphatic heterocycles.